The van der Waals surface area contributed by atoms with Crippen molar-refractivity contribution in [3.05, 3.63) is 24.0 Å². The van der Waals surface area contributed by atoms with Gasteiger partial charge in [0.05, 0.1) is 0 Å². The highest BCUT2D eigenvalue weighted by atomic mass is 16.1. The van der Waals surface area contributed by atoms with Gasteiger partial charge in [0.25, 0.3) is 0 Å². The van der Waals surface area contributed by atoms with Crippen LogP contribution in [0.4, 0.5) is 0 Å². The van der Waals surface area contributed by atoms with Crippen molar-refractivity contribution in [1.82, 2.24) is 9.88 Å². The fraction of sp³-hybridized carbons (Fsp3) is 0.545. The molecule has 1 unspecified atom stereocenters. The van der Waals surface area contributed by atoms with Crippen molar-refractivity contribution in [2.75, 3.05) is 14.1 Å². The number of aromatic nitrogens is 1. The van der Waals surface area contributed by atoms with Crippen LogP contribution in [0, 0.1) is 0 Å². The minimum absolute atomic E-state index is 0.257. The third kappa shape index (κ3) is 3.00. The summed E-state index contributed by atoms with van der Waals surface area (Å²) in [6.45, 7) is 1.64. The van der Waals surface area contributed by atoms with Crippen LogP contribution in [0.15, 0.2) is 18.5 Å². The van der Waals surface area contributed by atoms with E-state index in [-0.39, 0.29) is 5.78 Å². The highest BCUT2D eigenvalue weighted by Crippen LogP contribution is 2.22. The molecule has 0 amide bonds. The minimum atomic E-state index is 0.257. The maximum atomic E-state index is 10.9. The lowest BCUT2D eigenvalue weighted by molar-refractivity contribution is -0.117. The summed E-state index contributed by atoms with van der Waals surface area (Å²) in [5.74, 6) is 0.257. The fourth-order valence-corrected chi connectivity index (χ4v) is 1.61. The molecule has 1 rings (SSSR count). The summed E-state index contributed by atoms with van der Waals surface area (Å²) in [6.07, 6.45) is 5.44. The number of rotatable bonds is 5. The molecule has 0 aliphatic rings. The van der Waals surface area contributed by atoms with E-state index < -0.39 is 0 Å². The Bertz CT molecular complexity index is 277. The number of aromatic amines is 1. The van der Waals surface area contributed by atoms with E-state index in [2.05, 4.69) is 16.0 Å². The Balaban J connectivity index is 2.61. The molecule has 0 spiro atoms. The van der Waals surface area contributed by atoms with Gasteiger partial charge in [-0.2, -0.15) is 0 Å². The van der Waals surface area contributed by atoms with Crippen LogP contribution in [0.3, 0.4) is 0 Å². The van der Waals surface area contributed by atoms with E-state index in [4.69, 9.17) is 0 Å². The summed E-state index contributed by atoms with van der Waals surface area (Å²) >= 11 is 0. The first-order chi connectivity index (χ1) is 6.61. The maximum Gasteiger partial charge on any atom is 0.129 e. The molecule has 14 heavy (non-hydrogen) atoms. The number of hydrogen-bond acceptors (Lipinski definition) is 2. The second-order valence-electron chi connectivity index (χ2n) is 3.86. The normalized spacial score (nSPS) is 13.1. The molecule has 0 aliphatic carbocycles. The molecule has 0 aliphatic heterocycles. The van der Waals surface area contributed by atoms with E-state index in [0.29, 0.717) is 12.5 Å². The van der Waals surface area contributed by atoms with E-state index in [1.807, 2.05) is 26.5 Å². The van der Waals surface area contributed by atoms with E-state index in [0.717, 1.165) is 6.42 Å². The zero-order valence-electron chi connectivity index (χ0n) is 9.08. The van der Waals surface area contributed by atoms with Gasteiger partial charge in [-0.15, -0.1) is 0 Å². The summed E-state index contributed by atoms with van der Waals surface area (Å²) in [5, 5.41) is 0. The first kappa shape index (κ1) is 11.0. The Morgan fingerprint density at radius 1 is 1.57 bits per heavy atom. The molecule has 1 N–H and O–H groups in total. The number of carbonyl (C=O) groups is 1. The largest absolute Gasteiger partial charge is 0.367 e. The number of hydrogen-bond donors (Lipinski definition) is 1. The Morgan fingerprint density at radius 3 is 2.71 bits per heavy atom. The van der Waals surface area contributed by atoms with Gasteiger partial charge in [-0.1, -0.05) is 0 Å². The van der Waals surface area contributed by atoms with Gasteiger partial charge in [0.2, 0.25) is 0 Å². The summed E-state index contributed by atoms with van der Waals surface area (Å²) in [4.78, 5) is 16.1. The van der Waals surface area contributed by atoms with Gasteiger partial charge >= 0.3 is 0 Å². The average molecular weight is 194 g/mol. The number of nitrogens with zero attached hydrogens (tertiary/aromatic N) is 1. The third-order valence-corrected chi connectivity index (χ3v) is 2.40. The molecule has 3 heteroatoms. The maximum absolute atomic E-state index is 10.9. The van der Waals surface area contributed by atoms with Gasteiger partial charge in [-0.25, -0.2) is 0 Å². The highest BCUT2D eigenvalue weighted by Gasteiger charge is 2.14. The van der Waals surface area contributed by atoms with Gasteiger partial charge in [0.15, 0.2) is 0 Å². The fourth-order valence-electron chi connectivity index (χ4n) is 1.61. The predicted molar refractivity (Wildman–Crippen MR) is 57.1 cm³/mol. The molecule has 0 bridgehead atoms. The molecule has 0 fully saturated rings. The van der Waals surface area contributed by atoms with Crippen LogP contribution in [0.25, 0.3) is 0 Å². The molecule has 1 aromatic rings. The Morgan fingerprint density at radius 2 is 2.29 bits per heavy atom. The predicted octanol–water partition coefficient (Wildman–Crippen LogP) is 1.99. The Labute approximate surface area is 85.1 Å². The summed E-state index contributed by atoms with van der Waals surface area (Å²) in [5.41, 5.74) is 1.25. The van der Waals surface area contributed by atoms with E-state index in [1.165, 1.54) is 5.56 Å². The number of nitrogens with one attached hydrogen (secondary N) is 1. The van der Waals surface area contributed by atoms with Crippen molar-refractivity contribution < 1.29 is 4.79 Å². The zero-order valence-corrected chi connectivity index (χ0v) is 9.08. The molecular weight excluding hydrogens is 176 g/mol. The van der Waals surface area contributed by atoms with Gasteiger partial charge < -0.3 is 14.7 Å². The van der Waals surface area contributed by atoms with Crippen LogP contribution < -0.4 is 0 Å². The Kier molecular flexibility index (Phi) is 3.89. The van der Waals surface area contributed by atoms with Gasteiger partial charge in [0.1, 0.15) is 5.78 Å². The molecule has 1 heterocycles. The molecule has 1 atom stereocenters. The number of Topliss-reactive ketones (excluding diaryl/α,β-unsaturated/α-hetero) is 1. The van der Waals surface area contributed by atoms with Crippen molar-refractivity contribution in [3.8, 4) is 0 Å². The number of carbonyl (C=O) groups excluding carboxylic acids is 1. The lowest BCUT2D eigenvalue weighted by Gasteiger charge is -2.22. The van der Waals surface area contributed by atoms with E-state index in [9.17, 15) is 4.79 Å². The molecule has 0 aromatic carbocycles. The van der Waals surface area contributed by atoms with Gasteiger partial charge in [0, 0.05) is 24.9 Å². The molecule has 78 valence electrons. The first-order valence-electron chi connectivity index (χ1n) is 4.90. The van der Waals surface area contributed by atoms with Crippen molar-refractivity contribution in [2.24, 2.45) is 0 Å². The number of ketones is 1. The molecule has 1 aromatic heterocycles. The third-order valence-electron chi connectivity index (χ3n) is 2.40. The first-order valence-corrected chi connectivity index (χ1v) is 4.90. The molecule has 0 saturated heterocycles. The molecule has 3 nitrogen and oxygen atoms in total. The standard InChI is InChI=1S/C11H18N2O/c1-9(14)4-5-11(13(2)3)10-6-7-12-8-10/h6-8,11-12H,4-5H2,1-3H3. The van der Waals surface area contributed by atoms with E-state index in [1.54, 1.807) is 6.92 Å². The summed E-state index contributed by atoms with van der Waals surface area (Å²) < 4.78 is 0. The van der Waals surface area contributed by atoms with Crippen molar-refractivity contribution in [2.45, 2.75) is 25.8 Å². The summed E-state index contributed by atoms with van der Waals surface area (Å²) in [6, 6.07) is 2.40. The zero-order chi connectivity index (χ0) is 10.6. The van der Waals surface area contributed by atoms with Crippen LogP contribution >= 0.6 is 0 Å². The Hall–Kier alpha value is -1.09. The minimum Gasteiger partial charge on any atom is -0.367 e. The second-order valence-corrected chi connectivity index (χ2v) is 3.86. The van der Waals surface area contributed by atoms with Crippen molar-refractivity contribution in [1.29, 1.82) is 0 Å². The molecule has 0 saturated carbocycles. The topological polar surface area (TPSA) is 36.1 Å². The lowest BCUT2D eigenvalue weighted by Crippen LogP contribution is -2.20. The van der Waals surface area contributed by atoms with E-state index >= 15 is 0 Å². The highest BCUT2D eigenvalue weighted by molar-refractivity contribution is 5.75. The van der Waals surface area contributed by atoms with Crippen LogP contribution in [0.1, 0.15) is 31.4 Å². The van der Waals surface area contributed by atoms with Crippen LogP contribution in [0.2, 0.25) is 0 Å². The van der Waals surface area contributed by atoms with Crippen molar-refractivity contribution >= 4 is 5.78 Å². The van der Waals surface area contributed by atoms with Gasteiger partial charge in [-0.3, -0.25) is 0 Å². The monoisotopic (exact) mass is 194 g/mol. The van der Waals surface area contributed by atoms with Crippen LogP contribution in [0.5, 0.6) is 0 Å². The summed E-state index contributed by atoms with van der Waals surface area (Å²) in [7, 11) is 4.08. The van der Waals surface area contributed by atoms with Crippen LogP contribution in [-0.4, -0.2) is 29.8 Å². The molecule has 0 radical (unpaired) electrons. The lowest BCUT2D eigenvalue weighted by atomic mass is 10.0. The smallest absolute Gasteiger partial charge is 0.129 e. The molecular formula is C11H18N2O. The SMILES string of the molecule is CC(=O)CCC(c1cc[nH]c1)N(C)C. The quantitative estimate of drug-likeness (QED) is 0.778. The van der Waals surface area contributed by atoms with Gasteiger partial charge in [-0.05, 0) is 39.1 Å². The number of H-pyrrole nitrogens is 1. The average Bonchev–Trinajstić information content (AvgIpc) is 2.56. The van der Waals surface area contributed by atoms with Crippen LogP contribution in [-0.2, 0) is 4.79 Å². The second kappa shape index (κ2) is 4.96. The van der Waals surface area contributed by atoms with Crippen molar-refractivity contribution in [3.63, 3.8) is 0 Å².